The van der Waals surface area contributed by atoms with Gasteiger partial charge in [0.2, 0.25) is 6.79 Å². The molecule has 6 heteroatoms. The molecule has 3 aromatic rings. The third-order valence-corrected chi connectivity index (χ3v) is 4.67. The third kappa shape index (κ3) is 3.49. The molecule has 0 atom stereocenters. The number of hydrogen-bond acceptors (Lipinski definition) is 5. The number of nitrogens with zero attached hydrogens (tertiary/aromatic N) is 2. The Balaban J connectivity index is 1.61. The molecule has 0 spiro atoms. The minimum absolute atomic E-state index is 0.0600. The fraction of sp³-hybridized carbons (Fsp3) is 0.158. The zero-order valence-corrected chi connectivity index (χ0v) is 14.2. The van der Waals surface area contributed by atoms with Crippen LogP contribution in [0.2, 0.25) is 0 Å². The van der Waals surface area contributed by atoms with Crippen molar-refractivity contribution < 1.29 is 14.3 Å². The highest BCUT2D eigenvalue weighted by molar-refractivity contribution is 7.07. The highest BCUT2D eigenvalue weighted by Crippen LogP contribution is 2.33. The van der Waals surface area contributed by atoms with Crippen molar-refractivity contribution in [3.8, 4) is 11.5 Å². The maximum absolute atomic E-state index is 13.1. The van der Waals surface area contributed by atoms with Gasteiger partial charge in [0.05, 0.1) is 12.2 Å². The van der Waals surface area contributed by atoms with Crippen LogP contribution in [0, 0.1) is 0 Å². The van der Waals surface area contributed by atoms with Gasteiger partial charge in [-0.05, 0) is 52.7 Å². The van der Waals surface area contributed by atoms with Crippen LogP contribution in [0.15, 0.2) is 59.4 Å². The van der Waals surface area contributed by atoms with Crippen LogP contribution in [0.4, 0.5) is 0 Å². The average Bonchev–Trinajstić information content (AvgIpc) is 3.32. The van der Waals surface area contributed by atoms with E-state index in [-0.39, 0.29) is 12.7 Å². The average molecular weight is 352 g/mol. The second-order valence-electron chi connectivity index (χ2n) is 5.68. The van der Waals surface area contributed by atoms with E-state index in [4.69, 9.17) is 9.47 Å². The topological polar surface area (TPSA) is 51.7 Å². The highest BCUT2D eigenvalue weighted by Gasteiger charge is 2.21. The van der Waals surface area contributed by atoms with Gasteiger partial charge in [-0.3, -0.25) is 9.78 Å². The van der Waals surface area contributed by atoms with Crippen LogP contribution in [0.5, 0.6) is 11.5 Å². The van der Waals surface area contributed by atoms with Crippen LogP contribution in [-0.2, 0) is 13.1 Å². The number of ether oxygens (including phenoxy) is 2. The first kappa shape index (κ1) is 15.7. The molecule has 0 fully saturated rings. The SMILES string of the molecule is O=C(c1ccc2c(c1)OCO2)N(Cc1ccsc1)Cc1ccccn1. The van der Waals surface area contributed by atoms with Crippen molar-refractivity contribution in [2.45, 2.75) is 13.1 Å². The van der Waals surface area contributed by atoms with Crippen molar-refractivity contribution in [1.82, 2.24) is 9.88 Å². The third-order valence-electron chi connectivity index (χ3n) is 3.94. The molecular formula is C19H16N2O3S. The van der Waals surface area contributed by atoms with Gasteiger partial charge in [0.15, 0.2) is 11.5 Å². The van der Waals surface area contributed by atoms with E-state index in [1.54, 1.807) is 40.6 Å². The van der Waals surface area contributed by atoms with Crippen LogP contribution in [0.25, 0.3) is 0 Å². The molecular weight excluding hydrogens is 336 g/mol. The van der Waals surface area contributed by atoms with Crippen molar-refractivity contribution in [3.63, 3.8) is 0 Å². The van der Waals surface area contributed by atoms with Gasteiger partial charge < -0.3 is 14.4 Å². The number of carbonyl (C=O) groups is 1. The summed E-state index contributed by atoms with van der Waals surface area (Å²) < 4.78 is 10.7. The van der Waals surface area contributed by atoms with Crippen molar-refractivity contribution in [3.05, 3.63) is 76.2 Å². The highest BCUT2D eigenvalue weighted by atomic mass is 32.1. The zero-order chi connectivity index (χ0) is 17.1. The van der Waals surface area contributed by atoms with E-state index >= 15 is 0 Å². The molecule has 3 heterocycles. The monoisotopic (exact) mass is 352 g/mol. The van der Waals surface area contributed by atoms with E-state index in [0.717, 1.165) is 11.3 Å². The van der Waals surface area contributed by atoms with Gasteiger partial charge in [0, 0.05) is 18.3 Å². The minimum atomic E-state index is -0.0600. The number of hydrogen-bond donors (Lipinski definition) is 0. The molecule has 0 radical (unpaired) electrons. The van der Waals surface area contributed by atoms with Crippen LogP contribution < -0.4 is 9.47 Å². The second-order valence-corrected chi connectivity index (χ2v) is 6.46. The van der Waals surface area contributed by atoms with Gasteiger partial charge in [-0.2, -0.15) is 11.3 Å². The summed E-state index contributed by atoms with van der Waals surface area (Å²) in [7, 11) is 0. The summed E-state index contributed by atoms with van der Waals surface area (Å²) in [5.41, 5.74) is 2.54. The first-order valence-electron chi connectivity index (χ1n) is 7.89. The van der Waals surface area contributed by atoms with E-state index in [2.05, 4.69) is 10.4 Å². The number of carbonyl (C=O) groups excluding carboxylic acids is 1. The van der Waals surface area contributed by atoms with Gasteiger partial charge in [0.1, 0.15) is 0 Å². The van der Waals surface area contributed by atoms with Crippen LogP contribution in [0.3, 0.4) is 0 Å². The Labute approximate surface area is 149 Å². The second kappa shape index (κ2) is 6.94. The maximum Gasteiger partial charge on any atom is 0.254 e. The summed E-state index contributed by atoms with van der Waals surface area (Å²) in [6, 6.07) is 13.0. The Morgan fingerprint density at radius 2 is 2.04 bits per heavy atom. The van der Waals surface area contributed by atoms with Crippen LogP contribution >= 0.6 is 11.3 Å². The Morgan fingerprint density at radius 1 is 1.12 bits per heavy atom. The molecule has 1 aliphatic heterocycles. The first-order valence-corrected chi connectivity index (χ1v) is 8.84. The number of fused-ring (bicyclic) bond motifs is 1. The van der Waals surface area contributed by atoms with E-state index in [0.29, 0.717) is 30.2 Å². The maximum atomic E-state index is 13.1. The van der Waals surface area contributed by atoms with Crippen LogP contribution in [0.1, 0.15) is 21.6 Å². The Morgan fingerprint density at radius 3 is 2.84 bits per heavy atom. The number of benzene rings is 1. The Bertz CT molecular complexity index is 866. The van der Waals surface area contributed by atoms with E-state index in [1.165, 1.54) is 0 Å². The predicted octanol–water partition coefficient (Wildman–Crippen LogP) is 3.71. The lowest BCUT2D eigenvalue weighted by molar-refractivity contribution is 0.0727. The van der Waals surface area contributed by atoms with Gasteiger partial charge in [-0.1, -0.05) is 6.07 Å². The molecule has 1 aliphatic rings. The van der Waals surface area contributed by atoms with E-state index in [9.17, 15) is 4.79 Å². The quantitative estimate of drug-likeness (QED) is 0.702. The molecule has 2 aromatic heterocycles. The summed E-state index contributed by atoms with van der Waals surface area (Å²) in [4.78, 5) is 19.2. The van der Waals surface area contributed by atoms with E-state index in [1.807, 2.05) is 29.6 Å². The van der Waals surface area contributed by atoms with Crippen molar-refractivity contribution in [1.29, 1.82) is 0 Å². The molecule has 0 saturated carbocycles. The summed E-state index contributed by atoms with van der Waals surface area (Å²) >= 11 is 1.62. The fourth-order valence-corrected chi connectivity index (χ4v) is 3.36. The lowest BCUT2D eigenvalue weighted by Gasteiger charge is -2.22. The number of amides is 1. The molecule has 25 heavy (non-hydrogen) atoms. The molecule has 1 amide bonds. The molecule has 4 rings (SSSR count). The standard InChI is InChI=1S/C19H16N2O3S/c22-19(15-4-5-17-18(9-15)24-13-23-17)21(10-14-6-8-25-12-14)11-16-3-1-2-7-20-16/h1-9,12H,10-11,13H2. The molecule has 1 aromatic carbocycles. The number of aromatic nitrogens is 1. The van der Waals surface area contributed by atoms with Gasteiger partial charge in [-0.15, -0.1) is 0 Å². The largest absolute Gasteiger partial charge is 0.454 e. The van der Waals surface area contributed by atoms with Gasteiger partial charge in [-0.25, -0.2) is 0 Å². The fourth-order valence-electron chi connectivity index (χ4n) is 2.70. The molecule has 0 aliphatic carbocycles. The number of rotatable bonds is 5. The summed E-state index contributed by atoms with van der Waals surface area (Å²) in [6.45, 7) is 1.18. The summed E-state index contributed by atoms with van der Waals surface area (Å²) in [5.74, 6) is 1.22. The van der Waals surface area contributed by atoms with Gasteiger partial charge >= 0.3 is 0 Å². The van der Waals surface area contributed by atoms with E-state index < -0.39 is 0 Å². The summed E-state index contributed by atoms with van der Waals surface area (Å²) in [6.07, 6.45) is 1.74. The Hall–Kier alpha value is -2.86. The number of thiophene rings is 1. The molecule has 0 unspecified atom stereocenters. The zero-order valence-electron chi connectivity index (χ0n) is 13.4. The lowest BCUT2D eigenvalue weighted by atomic mass is 10.1. The van der Waals surface area contributed by atoms with Crippen LogP contribution in [-0.4, -0.2) is 22.6 Å². The van der Waals surface area contributed by atoms with Crippen molar-refractivity contribution >= 4 is 17.2 Å². The molecule has 126 valence electrons. The molecule has 0 bridgehead atoms. The lowest BCUT2D eigenvalue weighted by Crippen LogP contribution is -2.30. The Kier molecular flexibility index (Phi) is 4.35. The van der Waals surface area contributed by atoms with Crippen molar-refractivity contribution in [2.75, 3.05) is 6.79 Å². The number of pyridine rings is 1. The predicted molar refractivity (Wildman–Crippen MR) is 94.7 cm³/mol. The minimum Gasteiger partial charge on any atom is -0.454 e. The smallest absolute Gasteiger partial charge is 0.254 e. The molecule has 0 saturated heterocycles. The summed E-state index contributed by atoms with van der Waals surface area (Å²) in [5, 5.41) is 4.07. The molecule has 5 nitrogen and oxygen atoms in total. The van der Waals surface area contributed by atoms with Gasteiger partial charge in [0.25, 0.3) is 5.91 Å². The normalized spacial score (nSPS) is 12.2. The molecule has 0 N–H and O–H groups in total. The van der Waals surface area contributed by atoms with Crippen molar-refractivity contribution in [2.24, 2.45) is 0 Å². The first-order chi connectivity index (χ1) is 12.3.